The van der Waals surface area contributed by atoms with Gasteiger partial charge in [0.2, 0.25) is 0 Å². The molecule has 0 unspecified atom stereocenters. The van der Waals surface area contributed by atoms with Crippen molar-refractivity contribution in [1.29, 1.82) is 0 Å². The Kier molecular flexibility index (Phi) is 2.63. The third-order valence-electron chi connectivity index (χ3n) is 1.64. The van der Waals surface area contributed by atoms with Gasteiger partial charge in [-0.3, -0.25) is 0 Å². The van der Waals surface area contributed by atoms with Gasteiger partial charge in [0.1, 0.15) is 5.83 Å². The molecule has 0 fully saturated rings. The van der Waals surface area contributed by atoms with Crippen molar-refractivity contribution < 1.29 is 9.50 Å². The van der Waals surface area contributed by atoms with Crippen molar-refractivity contribution in [3.8, 4) is 0 Å². The average molecular weight is 142 g/mol. The summed E-state index contributed by atoms with van der Waals surface area (Å²) in [6.45, 7) is -0.143. The van der Waals surface area contributed by atoms with Crippen LogP contribution in [0.15, 0.2) is 23.6 Å². The van der Waals surface area contributed by atoms with Gasteiger partial charge in [-0.1, -0.05) is 12.2 Å². The maximum Gasteiger partial charge on any atom is 0.102 e. The van der Waals surface area contributed by atoms with E-state index in [1.807, 2.05) is 12.2 Å². The molecule has 2 heteroatoms. The van der Waals surface area contributed by atoms with Crippen molar-refractivity contribution in [1.82, 2.24) is 0 Å². The number of aliphatic hydroxyl groups is 1. The third kappa shape index (κ3) is 1.67. The van der Waals surface area contributed by atoms with Gasteiger partial charge < -0.3 is 5.11 Å². The summed E-state index contributed by atoms with van der Waals surface area (Å²) in [7, 11) is 0. The third-order valence-corrected chi connectivity index (χ3v) is 1.64. The van der Waals surface area contributed by atoms with Crippen LogP contribution in [0.1, 0.15) is 19.3 Å². The van der Waals surface area contributed by atoms with Crippen LogP contribution < -0.4 is 0 Å². The second-order valence-electron chi connectivity index (χ2n) is 2.38. The number of hydrogen-bond donors (Lipinski definition) is 1. The van der Waals surface area contributed by atoms with Gasteiger partial charge in [0.05, 0.1) is 6.61 Å². The second kappa shape index (κ2) is 3.52. The van der Waals surface area contributed by atoms with Crippen LogP contribution in [0, 0.1) is 0 Å². The van der Waals surface area contributed by atoms with E-state index in [0.29, 0.717) is 18.4 Å². The molecular weight excluding hydrogens is 131 g/mol. The van der Waals surface area contributed by atoms with Crippen LogP contribution in [0.2, 0.25) is 0 Å². The molecule has 0 saturated heterocycles. The zero-order chi connectivity index (χ0) is 7.40. The maximum absolute atomic E-state index is 12.8. The molecule has 0 aromatic rings. The molecular formula is C8H11FO. The fraction of sp³-hybridized carbons (Fsp3) is 0.500. The van der Waals surface area contributed by atoms with Crippen LogP contribution in [0.25, 0.3) is 0 Å². The van der Waals surface area contributed by atoms with E-state index < -0.39 is 0 Å². The minimum atomic E-state index is -0.143. The second-order valence-corrected chi connectivity index (χ2v) is 2.38. The smallest absolute Gasteiger partial charge is 0.102 e. The summed E-state index contributed by atoms with van der Waals surface area (Å²) in [6, 6.07) is 0. The van der Waals surface area contributed by atoms with Crippen molar-refractivity contribution in [3.05, 3.63) is 23.6 Å². The van der Waals surface area contributed by atoms with E-state index in [1.165, 1.54) is 0 Å². The number of hydrogen-bond acceptors (Lipinski definition) is 1. The fourth-order valence-electron chi connectivity index (χ4n) is 0.991. The van der Waals surface area contributed by atoms with E-state index in [0.717, 1.165) is 6.42 Å². The lowest BCUT2D eigenvalue weighted by atomic mass is 10.2. The Balaban J connectivity index is 2.68. The van der Waals surface area contributed by atoms with Crippen molar-refractivity contribution in [3.63, 3.8) is 0 Å². The molecule has 0 bridgehead atoms. The van der Waals surface area contributed by atoms with Gasteiger partial charge in [0.15, 0.2) is 0 Å². The number of halogens is 1. The first kappa shape index (κ1) is 7.48. The summed E-state index contributed by atoms with van der Waals surface area (Å²) in [4.78, 5) is 0. The highest BCUT2D eigenvalue weighted by atomic mass is 19.1. The molecule has 0 radical (unpaired) electrons. The standard InChI is InChI=1S/C8H11FO/c9-8-5-3-1-2-4-7(8)6-10/h1-2,10H,3-6H2. The van der Waals surface area contributed by atoms with Gasteiger partial charge >= 0.3 is 0 Å². The van der Waals surface area contributed by atoms with Crippen LogP contribution in [-0.4, -0.2) is 11.7 Å². The van der Waals surface area contributed by atoms with Crippen LogP contribution in [-0.2, 0) is 0 Å². The van der Waals surface area contributed by atoms with Gasteiger partial charge in [0, 0.05) is 6.42 Å². The van der Waals surface area contributed by atoms with E-state index in [-0.39, 0.29) is 12.4 Å². The summed E-state index contributed by atoms with van der Waals surface area (Å²) in [5.41, 5.74) is 0.536. The quantitative estimate of drug-likeness (QED) is 0.555. The number of aliphatic hydroxyl groups excluding tert-OH is 1. The zero-order valence-corrected chi connectivity index (χ0v) is 5.81. The molecule has 0 aromatic heterocycles. The lowest BCUT2D eigenvalue weighted by molar-refractivity contribution is 0.322. The van der Waals surface area contributed by atoms with Gasteiger partial charge in [-0.2, -0.15) is 0 Å². The highest BCUT2D eigenvalue weighted by molar-refractivity contribution is 5.15. The molecule has 0 atom stereocenters. The van der Waals surface area contributed by atoms with Crippen LogP contribution >= 0.6 is 0 Å². The van der Waals surface area contributed by atoms with E-state index in [1.54, 1.807) is 0 Å². The van der Waals surface area contributed by atoms with Crippen molar-refractivity contribution in [2.75, 3.05) is 6.61 Å². The molecule has 0 heterocycles. The maximum atomic E-state index is 12.8. The van der Waals surface area contributed by atoms with Gasteiger partial charge in [-0.15, -0.1) is 0 Å². The predicted molar refractivity (Wildman–Crippen MR) is 38.2 cm³/mol. The predicted octanol–water partition coefficient (Wildman–Crippen LogP) is 1.94. The Bertz CT molecular complexity index is 170. The monoisotopic (exact) mass is 142 g/mol. The Morgan fingerprint density at radius 2 is 2.30 bits per heavy atom. The summed E-state index contributed by atoms with van der Waals surface area (Å²) in [6.07, 6.45) is 5.63. The highest BCUT2D eigenvalue weighted by Crippen LogP contribution is 2.19. The molecule has 0 amide bonds. The summed E-state index contributed by atoms with van der Waals surface area (Å²) in [5.74, 6) is -0.132. The largest absolute Gasteiger partial charge is 0.392 e. The highest BCUT2D eigenvalue weighted by Gasteiger charge is 2.05. The fourth-order valence-corrected chi connectivity index (χ4v) is 0.991. The Labute approximate surface area is 59.9 Å². The van der Waals surface area contributed by atoms with E-state index >= 15 is 0 Å². The Hall–Kier alpha value is -0.630. The molecule has 1 nitrogen and oxygen atoms in total. The Morgan fingerprint density at radius 3 is 3.00 bits per heavy atom. The van der Waals surface area contributed by atoms with Gasteiger partial charge in [-0.25, -0.2) is 4.39 Å². The molecule has 0 aromatic carbocycles. The van der Waals surface area contributed by atoms with Gasteiger partial charge in [0.25, 0.3) is 0 Å². The minimum absolute atomic E-state index is 0.132. The Morgan fingerprint density at radius 1 is 1.50 bits per heavy atom. The first-order chi connectivity index (χ1) is 4.84. The lowest BCUT2D eigenvalue weighted by Crippen LogP contribution is -1.91. The van der Waals surface area contributed by atoms with Crippen molar-refractivity contribution in [2.24, 2.45) is 0 Å². The zero-order valence-electron chi connectivity index (χ0n) is 5.81. The summed E-state index contributed by atoms with van der Waals surface area (Å²) >= 11 is 0. The number of allylic oxidation sites excluding steroid dienone is 3. The lowest BCUT2D eigenvalue weighted by Gasteiger charge is -1.99. The molecule has 1 aliphatic carbocycles. The molecule has 10 heavy (non-hydrogen) atoms. The molecule has 0 spiro atoms. The van der Waals surface area contributed by atoms with Crippen molar-refractivity contribution in [2.45, 2.75) is 19.3 Å². The first-order valence-electron chi connectivity index (χ1n) is 3.47. The molecule has 0 aliphatic heterocycles. The number of rotatable bonds is 1. The molecule has 56 valence electrons. The first-order valence-corrected chi connectivity index (χ1v) is 3.47. The summed E-state index contributed by atoms with van der Waals surface area (Å²) in [5, 5.41) is 8.65. The molecule has 1 rings (SSSR count). The SMILES string of the molecule is OCC1=C(F)CCC=CC1. The molecule has 0 saturated carbocycles. The van der Waals surface area contributed by atoms with Gasteiger partial charge in [-0.05, 0) is 18.4 Å². The van der Waals surface area contributed by atoms with Crippen LogP contribution in [0.3, 0.4) is 0 Å². The summed E-state index contributed by atoms with van der Waals surface area (Å²) < 4.78 is 12.8. The van der Waals surface area contributed by atoms with Crippen LogP contribution in [0.5, 0.6) is 0 Å². The minimum Gasteiger partial charge on any atom is -0.392 e. The molecule has 1 aliphatic rings. The van der Waals surface area contributed by atoms with Crippen LogP contribution in [0.4, 0.5) is 4.39 Å². The molecule has 1 N–H and O–H groups in total. The van der Waals surface area contributed by atoms with Crippen molar-refractivity contribution >= 4 is 0 Å². The normalized spacial score (nSPS) is 19.4. The van der Waals surface area contributed by atoms with E-state index in [4.69, 9.17) is 5.11 Å². The topological polar surface area (TPSA) is 20.2 Å². The van der Waals surface area contributed by atoms with E-state index in [2.05, 4.69) is 0 Å². The average Bonchev–Trinajstić information content (AvgIpc) is 2.13. The van der Waals surface area contributed by atoms with E-state index in [9.17, 15) is 4.39 Å².